The highest BCUT2D eigenvalue weighted by molar-refractivity contribution is 7.14. The Labute approximate surface area is 231 Å². The molecule has 1 amide bonds. The molecule has 1 aliphatic heterocycles. The van der Waals surface area contributed by atoms with E-state index in [0.717, 1.165) is 30.2 Å². The zero-order valence-corrected chi connectivity index (χ0v) is 24.4. The number of amides is 1. The summed E-state index contributed by atoms with van der Waals surface area (Å²) in [6, 6.07) is 3.84. The van der Waals surface area contributed by atoms with E-state index in [1.807, 2.05) is 0 Å². The number of benzene rings is 1. The van der Waals surface area contributed by atoms with E-state index >= 15 is 0 Å². The third kappa shape index (κ3) is 7.61. The molecule has 1 atom stereocenters. The van der Waals surface area contributed by atoms with Crippen LogP contribution in [-0.2, 0) is 25.9 Å². The first kappa shape index (κ1) is 31.1. The van der Waals surface area contributed by atoms with Gasteiger partial charge in [-0.25, -0.2) is 4.79 Å². The molecule has 39 heavy (non-hydrogen) atoms. The van der Waals surface area contributed by atoms with Crippen molar-refractivity contribution in [1.29, 1.82) is 0 Å². The highest BCUT2D eigenvalue weighted by Crippen LogP contribution is 2.45. The molecule has 1 aromatic carbocycles. The highest BCUT2D eigenvalue weighted by Gasteiger charge is 2.55. The predicted molar refractivity (Wildman–Crippen MR) is 142 cm³/mol. The van der Waals surface area contributed by atoms with E-state index < -0.39 is 34.7 Å². The summed E-state index contributed by atoms with van der Waals surface area (Å²) in [5.74, 6) is -0.251. The molecule has 1 saturated heterocycles. The van der Waals surface area contributed by atoms with E-state index in [9.17, 15) is 18.0 Å². The Morgan fingerprint density at radius 2 is 1.79 bits per heavy atom. The lowest BCUT2D eigenvalue weighted by atomic mass is 10.0. The molecule has 1 aromatic heterocycles. The lowest BCUT2D eigenvalue weighted by Crippen LogP contribution is -2.54. The van der Waals surface area contributed by atoms with Gasteiger partial charge in [-0.2, -0.15) is 13.2 Å². The summed E-state index contributed by atoms with van der Waals surface area (Å²) in [6.45, 7) is 13.9. The maximum Gasteiger partial charge on any atom is 0.419 e. The first-order valence-electron chi connectivity index (χ1n) is 13.0. The van der Waals surface area contributed by atoms with Crippen LogP contribution in [0.2, 0.25) is 0 Å². The van der Waals surface area contributed by atoms with Crippen LogP contribution < -0.4 is 4.74 Å². The third-order valence-corrected chi connectivity index (χ3v) is 7.29. The van der Waals surface area contributed by atoms with Crippen LogP contribution >= 0.6 is 11.3 Å². The quantitative estimate of drug-likeness (QED) is 0.282. The SMILES string of the molecule is CCCCOCCCOc1ccc(-c2nnc(C3(C)COC(C)(C)N3C(=O)OC(C)(C)C)s2)cc1C(F)(F)F. The zero-order chi connectivity index (χ0) is 29.1. The van der Waals surface area contributed by atoms with Gasteiger partial charge in [0.2, 0.25) is 0 Å². The fourth-order valence-electron chi connectivity index (χ4n) is 4.19. The lowest BCUT2D eigenvalue weighted by molar-refractivity contribution is -0.138. The van der Waals surface area contributed by atoms with Gasteiger partial charge in [0, 0.05) is 25.2 Å². The van der Waals surface area contributed by atoms with Crippen molar-refractivity contribution in [3.63, 3.8) is 0 Å². The Balaban J connectivity index is 1.83. The van der Waals surface area contributed by atoms with Crippen LogP contribution in [0, 0.1) is 0 Å². The van der Waals surface area contributed by atoms with Crippen molar-refractivity contribution in [2.45, 2.75) is 90.8 Å². The second kappa shape index (κ2) is 12.0. The summed E-state index contributed by atoms with van der Waals surface area (Å²) < 4.78 is 64.2. The Hall–Kier alpha value is -2.44. The van der Waals surface area contributed by atoms with Gasteiger partial charge in [0.15, 0.2) is 0 Å². The molecule has 2 aromatic rings. The smallest absolute Gasteiger partial charge is 0.419 e. The number of rotatable bonds is 10. The maximum absolute atomic E-state index is 13.9. The number of carbonyl (C=O) groups excluding carboxylic acids is 1. The van der Waals surface area contributed by atoms with Gasteiger partial charge in [-0.15, -0.1) is 10.2 Å². The standard InChI is InChI=1S/C27H38F3N3O5S/c1-8-9-13-35-14-10-15-36-20-12-11-18(16-19(20)27(28,29)30)21-31-32-22(39-21)26(7)17-37-25(5,6)33(26)23(34)38-24(2,3)4/h11-12,16H,8-10,13-15,17H2,1-7H3. The van der Waals surface area contributed by atoms with E-state index in [2.05, 4.69) is 17.1 Å². The summed E-state index contributed by atoms with van der Waals surface area (Å²) >= 11 is 1.10. The monoisotopic (exact) mass is 573 g/mol. The normalized spacial score (nSPS) is 19.4. The fourth-order valence-corrected chi connectivity index (χ4v) is 5.15. The van der Waals surface area contributed by atoms with Crippen molar-refractivity contribution in [1.82, 2.24) is 15.1 Å². The molecule has 0 spiro atoms. The van der Waals surface area contributed by atoms with Crippen LogP contribution in [0.4, 0.5) is 18.0 Å². The van der Waals surface area contributed by atoms with Gasteiger partial charge in [0.25, 0.3) is 0 Å². The van der Waals surface area contributed by atoms with Gasteiger partial charge in [0.05, 0.1) is 18.8 Å². The first-order valence-corrected chi connectivity index (χ1v) is 13.8. The Kier molecular flexibility index (Phi) is 9.55. The average molecular weight is 574 g/mol. The zero-order valence-electron chi connectivity index (χ0n) is 23.6. The van der Waals surface area contributed by atoms with E-state index in [0.29, 0.717) is 24.6 Å². The minimum Gasteiger partial charge on any atom is -0.493 e. The molecule has 0 aliphatic carbocycles. The molecule has 1 aliphatic rings. The van der Waals surface area contributed by atoms with Gasteiger partial charge in [-0.05, 0) is 66.2 Å². The summed E-state index contributed by atoms with van der Waals surface area (Å²) in [6.07, 6.45) is -2.77. The largest absolute Gasteiger partial charge is 0.493 e. The van der Waals surface area contributed by atoms with Crippen molar-refractivity contribution in [3.05, 3.63) is 28.8 Å². The minimum absolute atomic E-state index is 0.103. The van der Waals surface area contributed by atoms with Crippen LogP contribution in [0.15, 0.2) is 18.2 Å². The molecule has 3 rings (SSSR count). The number of hydrogen-bond donors (Lipinski definition) is 0. The number of nitrogens with zero attached hydrogens (tertiary/aromatic N) is 3. The summed E-state index contributed by atoms with van der Waals surface area (Å²) in [5.41, 5.74) is -3.41. The maximum atomic E-state index is 13.9. The van der Waals surface area contributed by atoms with Crippen molar-refractivity contribution in [2.24, 2.45) is 0 Å². The van der Waals surface area contributed by atoms with Gasteiger partial charge in [-0.1, -0.05) is 24.7 Å². The molecule has 0 saturated carbocycles. The number of alkyl halides is 3. The number of aromatic nitrogens is 2. The molecular formula is C27H38F3N3O5S. The molecule has 0 radical (unpaired) electrons. The Morgan fingerprint density at radius 3 is 2.44 bits per heavy atom. The Bertz CT molecular complexity index is 1130. The second-order valence-corrected chi connectivity index (χ2v) is 12.1. The first-order chi connectivity index (χ1) is 18.1. The Morgan fingerprint density at radius 1 is 1.10 bits per heavy atom. The number of hydrogen-bond acceptors (Lipinski definition) is 8. The molecule has 12 heteroatoms. The van der Waals surface area contributed by atoms with Crippen molar-refractivity contribution in [3.8, 4) is 16.3 Å². The van der Waals surface area contributed by atoms with E-state index in [1.165, 1.54) is 17.0 Å². The molecule has 2 heterocycles. The number of ether oxygens (including phenoxy) is 4. The lowest BCUT2D eigenvalue weighted by Gasteiger charge is -2.39. The molecule has 1 unspecified atom stereocenters. The predicted octanol–water partition coefficient (Wildman–Crippen LogP) is 7.03. The third-order valence-electron chi connectivity index (χ3n) is 6.06. The van der Waals surface area contributed by atoms with Gasteiger partial charge >= 0.3 is 12.3 Å². The number of unbranched alkanes of at least 4 members (excludes halogenated alkanes) is 1. The van der Waals surface area contributed by atoms with E-state index in [4.69, 9.17) is 18.9 Å². The fraction of sp³-hybridized carbons (Fsp3) is 0.667. The highest BCUT2D eigenvalue weighted by atomic mass is 32.1. The van der Waals surface area contributed by atoms with E-state index in [-0.39, 0.29) is 29.5 Å². The molecule has 218 valence electrons. The molecule has 1 fully saturated rings. The van der Waals surface area contributed by atoms with Crippen molar-refractivity contribution < 1.29 is 36.9 Å². The second-order valence-electron chi connectivity index (χ2n) is 11.1. The van der Waals surface area contributed by atoms with E-state index in [1.54, 1.807) is 41.5 Å². The van der Waals surface area contributed by atoms with Gasteiger partial charge in [0.1, 0.15) is 32.6 Å². The van der Waals surface area contributed by atoms with Gasteiger partial charge in [-0.3, -0.25) is 4.90 Å². The topological polar surface area (TPSA) is 83.0 Å². The molecule has 8 nitrogen and oxygen atoms in total. The van der Waals surface area contributed by atoms with Crippen LogP contribution in [0.25, 0.3) is 10.6 Å². The van der Waals surface area contributed by atoms with Crippen molar-refractivity contribution in [2.75, 3.05) is 26.4 Å². The van der Waals surface area contributed by atoms with Crippen LogP contribution in [0.3, 0.4) is 0 Å². The van der Waals surface area contributed by atoms with Crippen LogP contribution in [-0.4, -0.2) is 58.9 Å². The van der Waals surface area contributed by atoms with Crippen molar-refractivity contribution >= 4 is 17.4 Å². The summed E-state index contributed by atoms with van der Waals surface area (Å²) in [5, 5.41) is 9.13. The minimum atomic E-state index is -4.63. The average Bonchev–Trinajstić information content (AvgIpc) is 3.40. The molecule has 0 N–H and O–H groups in total. The van der Waals surface area contributed by atoms with Gasteiger partial charge < -0.3 is 18.9 Å². The molecule has 0 bridgehead atoms. The number of carbonyl (C=O) groups is 1. The van der Waals surface area contributed by atoms with Crippen LogP contribution in [0.1, 0.15) is 78.3 Å². The summed E-state index contributed by atoms with van der Waals surface area (Å²) in [4.78, 5) is 14.6. The number of halogens is 3. The molecular weight excluding hydrogens is 535 g/mol. The summed E-state index contributed by atoms with van der Waals surface area (Å²) in [7, 11) is 0. The van der Waals surface area contributed by atoms with Crippen LogP contribution in [0.5, 0.6) is 5.75 Å².